The maximum atomic E-state index is 12.7. The Morgan fingerprint density at radius 1 is 1.11 bits per heavy atom. The molecule has 6 heteroatoms. The highest BCUT2D eigenvalue weighted by molar-refractivity contribution is 6.30. The van der Waals surface area contributed by atoms with Gasteiger partial charge in [0.1, 0.15) is 0 Å². The molecule has 1 amide bonds. The van der Waals surface area contributed by atoms with Crippen molar-refractivity contribution < 1.29 is 4.79 Å². The van der Waals surface area contributed by atoms with Crippen LogP contribution in [0.15, 0.2) is 53.3 Å². The Hall–Kier alpha value is -2.53. The molecule has 1 heterocycles. The third kappa shape index (κ3) is 3.78. The van der Waals surface area contributed by atoms with Gasteiger partial charge in [0.2, 0.25) is 5.91 Å². The van der Waals surface area contributed by atoms with E-state index in [1.807, 2.05) is 62.4 Å². The van der Waals surface area contributed by atoms with Crippen LogP contribution in [0.4, 0.5) is 0 Å². The van der Waals surface area contributed by atoms with Crippen molar-refractivity contribution in [3.63, 3.8) is 0 Å². The first-order valence-corrected chi connectivity index (χ1v) is 9.51. The fraction of sp³-hybridized carbons (Fsp3) is 0.333. The summed E-state index contributed by atoms with van der Waals surface area (Å²) in [6.07, 6.45) is 0.263. The Morgan fingerprint density at radius 3 is 2.41 bits per heavy atom. The summed E-state index contributed by atoms with van der Waals surface area (Å²) >= 11 is 6.06. The minimum atomic E-state index is -0.0927. The molecule has 0 radical (unpaired) electrons. The van der Waals surface area contributed by atoms with Crippen molar-refractivity contribution in [3.05, 3.63) is 69.6 Å². The Kier molecular flexibility index (Phi) is 5.71. The molecule has 1 aromatic heterocycles. The van der Waals surface area contributed by atoms with Gasteiger partial charge in [-0.1, -0.05) is 35.9 Å². The van der Waals surface area contributed by atoms with Crippen molar-refractivity contribution >= 4 is 28.5 Å². The number of fused-ring (bicyclic) bond motifs is 1. The van der Waals surface area contributed by atoms with Crippen LogP contribution in [0.25, 0.3) is 11.0 Å². The zero-order valence-electron chi connectivity index (χ0n) is 15.9. The maximum absolute atomic E-state index is 12.7. The van der Waals surface area contributed by atoms with Gasteiger partial charge >= 0.3 is 5.69 Å². The van der Waals surface area contributed by atoms with E-state index < -0.39 is 0 Å². The first-order valence-electron chi connectivity index (χ1n) is 9.13. The van der Waals surface area contributed by atoms with Crippen LogP contribution in [-0.2, 0) is 17.9 Å². The van der Waals surface area contributed by atoms with E-state index in [1.54, 1.807) is 21.1 Å². The lowest BCUT2D eigenvalue weighted by molar-refractivity contribution is -0.132. The van der Waals surface area contributed by atoms with E-state index in [0.717, 1.165) is 16.6 Å². The predicted molar refractivity (Wildman–Crippen MR) is 109 cm³/mol. The molecule has 1 unspecified atom stereocenters. The SMILES string of the molecule is CCn1c(=O)n(CCC(=O)N(C)C(C)c2cccc(Cl)c2)c2ccccc21. The zero-order valence-corrected chi connectivity index (χ0v) is 16.6. The maximum Gasteiger partial charge on any atom is 0.329 e. The van der Waals surface area contributed by atoms with E-state index in [9.17, 15) is 9.59 Å². The zero-order chi connectivity index (χ0) is 19.6. The van der Waals surface area contributed by atoms with Gasteiger partial charge in [-0.15, -0.1) is 0 Å². The van der Waals surface area contributed by atoms with Crippen molar-refractivity contribution in [1.29, 1.82) is 0 Å². The third-order valence-electron chi connectivity index (χ3n) is 5.10. The quantitative estimate of drug-likeness (QED) is 0.641. The number of para-hydroxylation sites is 2. The monoisotopic (exact) mass is 385 g/mol. The topological polar surface area (TPSA) is 47.2 Å². The number of amides is 1. The second-order valence-electron chi connectivity index (χ2n) is 6.65. The minimum absolute atomic E-state index is 0.0114. The Balaban J connectivity index is 1.77. The van der Waals surface area contributed by atoms with Gasteiger partial charge in [-0.05, 0) is 43.7 Å². The molecule has 3 aromatic rings. The summed E-state index contributed by atoms with van der Waals surface area (Å²) < 4.78 is 3.42. The molecule has 1 atom stereocenters. The molecule has 5 nitrogen and oxygen atoms in total. The number of hydrogen-bond acceptors (Lipinski definition) is 2. The molecule has 27 heavy (non-hydrogen) atoms. The normalized spacial score (nSPS) is 12.3. The summed E-state index contributed by atoms with van der Waals surface area (Å²) in [5.41, 5.74) is 2.68. The van der Waals surface area contributed by atoms with Gasteiger partial charge in [0.15, 0.2) is 0 Å². The van der Waals surface area contributed by atoms with Crippen LogP contribution in [-0.4, -0.2) is 27.0 Å². The summed E-state index contributed by atoms with van der Waals surface area (Å²) in [6.45, 7) is 4.88. The van der Waals surface area contributed by atoms with E-state index in [-0.39, 0.29) is 24.1 Å². The van der Waals surface area contributed by atoms with Crippen LogP contribution < -0.4 is 5.69 Å². The van der Waals surface area contributed by atoms with E-state index in [0.29, 0.717) is 18.1 Å². The summed E-state index contributed by atoms with van der Waals surface area (Å²) in [7, 11) is 1.78. The number of benzene rings is 2. The first-order chi connectivity index (χ1) is 12.9. The molecule has 3 rings (SSSR count). The molecule has 0 fully saturated rings. The van der Waals surface area contributed by atoms with Crippen molar-refractivity contribution in [2.45, 2.75) is 39.4 Å². The van der Waals surface area contributed by atoms with Crippen LogP contribution in [0.5, 0.6) is 0 Å². The number of imidazole rings is 1. The lowest BCUT2D eigenvalue weighted by Crippen LogP contribution is -2.32. The Morgan fingerprint density at radius 2 is 1.78 bits per heavy atom. The second-order valence-corrected chi connectivity index (χ2v) is 7.09. The Bertz CT molecular complexity index is 1020. The smallest absolute Gasteiger partial charge is 0.329 e. The van der Waals surface area contributed by atoms with E-state index in [4.69, 9.17) is 11.6 Å². The standard InChI is InChI=1S/C21H24ClN3O2/c1-4-24-18-10-5-6-11-19(18)25(21(24)27)13-12-20(26)23(3)15(2)16-8-7-9-17(22)14-16/h5-11,14-15H,4,12-13H2,1-3H3. The fourth-order valence-electron chi connectivity index (χ4n) is 3.38. The summed E-state index contributed by atoms with van der Waals surface area (Å²) in [6, 6.07) is 15.1. The van der Waals surface area contributed by atoms with Crippen LogP contribution in [0.2, 0.25) is 5.02 Å². The number of nitrogens with zero attached hydrogens (tertiary/aromatic N) is 3. The highest BCUT2D eigenvalue weighted by Crippen LogP contribution is 2.22. The molecule has 142 valence electrons. The molecule has 0 saturated carbocycles. The summed E-state index contributed by atoms with van der Waals surface area (Å²) in [4.78, 5) is 27.1. The van der Waals surface area contributed by atoms with Crippen molar-refractivity contribution in [2.75, 3.05) is 7.05 Å². The predicted octanol–water partition coefficient (Wildman–Crippen LogP) is 4.09. The number of rotatable bonds is 6. The van der Waals surface area contributed by atoms with Crippen molar-refractivity contribution in [2.24, 2.45) is 0 Å². The number of hydrogen-bond donors (Lipinski definition) is 0. The fourth-order valence-corrected chi connectivity index (χ4v) is 3.58. The molecular weight excluding hydrogens is 362 g/mol. The van der Waals surface area contributed by atoms with Crippen molar-refractivity contribution in [1.82, 2.24) is 14.0 Å². The van der Waals surface area contributed by atoms with Gasteiger partial charge in [-0.2, -0.15) is 0 Å². The van der Waals surface area contributed by atoms with E-state index >= 15 is 0 Å². The molecule has 0 saturated heterocycles. The molecule has 0 bridgehead atoms. The first kappa shape index (κ1) is 19.2. The highest BCUT2D eigenvalue weighted by Gasteiger charge is 2.19. The molecule has 2 aromatic carbocycles. The number of aromatic nitrogens is 2. The van der Waals surface area contributed by atoms with Crippen molar-refractivity contribution in [3.8, 4) is 0 Å². The molecular formula is C21H24ClN3O2. The van der Waals surface area contributed by atoms with Crippen LogP contribution >= 0.6 is 11.6 Å². The lowest BCUT2D eigenvalue weighted by atomic mass is 10.1. The van der Waals surface area contributed by atoms with Gasteiger partial charge in [0.25, 0.3) is 0 Å². The minimum Gasteiger partial charge on any atom is -0.339 e. The van der Waals surface area contributed by atoms with Crippen LogP contribution in [0, 0.1) is 0 Å². The Labute approximate surface area is 163 Å². The highest BCUT2D eigenvalue weighted by atomic mass is 35.5. The number of carbonyl (C=O) groups is 1. The average Bonchev–Trinajstić information content (AvgIpc) is 2.95. The average molecular weight is 386 g/mol. The summed E-state index contributed by atoms with van der Waals surface area (Å²) in [5, 5.41) is 0.652. The molecule has 0 spiro atoms. The molecule has 0 aliphatic rings. The van der Waals surface area contributed by atoms with Gasteiger partial charge < -0.3 is 4.90 Å². The lowest BCUT2D eigenvalue weighted by Gasteiger charge is -2.25. The molecule has 0 N–H and O–H groups in total. The summed E-state index contributed by atoms with van der Waals surface area (Å²) in [5.74, 6) is -0.0114. The number of carbonyl (C=O) groups excluding carboxylic acids is 1. The molecule has 0 aliphatic carbocycles. The second kappa shape index (κ2) is 8.01. The van der Waals surface area contributed by atoms with Gasteiger partial charge in [0, 0.05) is 31.6 Å². The third-order valence-corrected chi connectivity index (χ3v) is 5.33. The van der Waals surface area contributed by atoms with Gasteiger partial charge in [-0.25, -0.2) is 4.79 Å². The van der Waals surface area contributed by atoms with Crippen LogP contribution in [0.3, 0.4) is 0 Å². The van der Waals surface area contributed by atoms with Crippen LogP contribution in [0.1, 0.15) is 31.9 Å². The largest absolute Gasteiger partial charge is 0.339 e. The van der Waals surface area contributed by atoms with Gasteiger partial charge in [0.05, 0.1) is 17.1 Å². The molecule has 0 aliphatic heterocycles. The van der Waals surface area contributed by atoms with Gasteiger partial charge in [-0.3, -0.25) is 13.9 Å². The van der Waals surface area contributed by atoms with E-state index in [1.165, 1.54) is 0 Å². The number of halogens is 1. The van der Waals surface area contributed by atoms with E-state index in [2.05, 4.69) is 0 Å². The number of aryl methyl sites for hydroxylation is 2.